The van der Waals surface area contributed by atoms with E-state index in [0.717, 1.165) is 0 Å². The van der Waals surface area contributed by atoms with Gasteiger partial charge in [0.2, 0.25) is 0 Å². The number of nitro benzene ring substituents is 1. The number of halogens is 4. The fourth-order valence-corrected chi connectivity index (χ4v) is 3.67. The maximum atomic E-state index is 14.0. The van der Waals surface area contributed by atoms with Crippen molar-refractivity contribution >= 4 is 52.2 Å². The molecule has 0 aliphatic rings. The Labute approximate surface area is 212 Å². The van der Waals surface area contributed by atoms with E-state index in [2.05, 4.69) is 10.4 Å². The third-order valence-electron chi connectivity index (χ3n) is 4.71. The van der Waals surface area contributed by atoms with Gasteiger partial charge in [-0.15, -0.1) is 0 Å². The topological polar surface area (TPSA) is 112 Å². The van der Waals surface area contributed by atoms with Gasteiger partial charge < -0.3 is 14.5 Å². The number of hydrogen-bond acceptors (Lipinski definition) is 6. The zero-order valence-electron chi connectivity index (χ0n) is 17.5. The van der Waals surface area contributed by atoms with Crippen LogP contribution in [0.2, 0.25) is 15.1 Å². The lowest BCUT2D eigenvalue weighted by molar-refractivity contribution is -0.384. The molecule has 0 atom stereocenters. The van der Waals surface area contributed by atoms with Crippen molar-refractivity contribution in [2.24, 2.45) is 0 Å². The number of benzene rings is 2. The molecule has 0 saturated heterocycles. The quantitative estimate of drug-likeness (QED) is 0.206. The Kier molecular flexibility index (Phi) is 7.25. The molecule has 4 aromatic rings. The molecule has 2 heterocycles. The second kappa shape index (κ2) is 10.3. The summed E-state index contributed by atoms with van der Waals surface area (Å²) >= 11 is 18.2. The first-order chi connectivity index (χ1) is 16.7. The Morgan fingerprint density at radius 3 is 2.66 bits per heavy atom. The standard InChI is InChI=1S/C22H14Cl3FN4O5/c23-15-2-1-3-18(26)14(15)9-29-10-17(25)21(28-29)27-22(31)20-7-5-13(35-20)11-34-19-6-4-12(30(32)33)8-16(19)24/h1-8,10H,9,11H2,(H,27,28,31). The number of carbonyl (C=O) groups excluding carboxylic acids is 1. The minimum Gasteiger partial charge on any atom is -0.484 e. The minimum absolute atomic E-state index is 0.00847. The fraction of sp³-hybridized carbons (Fsp3) is 0.0909. The molecule has 0 unspecified atom stereocenters. The third-order valence-corrected chi connectivity index (χ3v) is 5.64. The number of nitrogens with zero attached hydrogens (tertiary/aromatic N) is 3. The summed E-state index contributed by atoms with van der Waals surface area (Å²) in [4.78, 5) is 22.8. The van der Waals surface area contributed by atoms with Crippen molar-refractivity contribution in [3.63, 3.8) is 0 Å². The van der Waals surface area contributed by atoms with Gasteiger partial charge in [-0.1, -0.05) is 40.9 Å². The highest BCUT2D eigenvalue weighted by molar-refractivity contribution is 6.33. The van der Waals surface area contributed by atoms with E-state index in [1.165, 1.54) is 53.3 Å². The van der Waals surface area contributed by atoms with Crippen LogP contribution >= 0.6 is 34.8 Å². The first-order valence-electron chi connectivity index (χ1n) is 9.84. The molecule has 0 fully saturated rings. The molecule has 2 aromatic carbocycles. The normalized spacial score (nSPS) is 10.9. The number of amides is 1. The van der Waals surface area contributed by atoms with Gasteiger partial charge in [0.05, 0.1) is 16.5 Å². The van der Waals surface area contributed by atoms with E-state index in [-0.39, 0.29) is 56.8 Å². The van der Waals surface area contributed by atoms with Gasteiger partial charge in [0.15, 0.2) is 11.6 Å². The van der Waals surface area contributed by atoms with Gasteiger partial charge in [-0.3, -0.25) is 19.6 Å². The van der Waals surface area contributed by atoms with E-state index in [0.29, 0.717) is 5.76 Å². The summed E-state index contributed by atoms with van der Waals surface area (Å²) < 4.78 is 26.4. The van der Waals surface area contributed by atoms with E-state index in [1.807, 2.05) is 0 Å². The summed E-state index contributed by atoms with van der Waals surface area (Å²) in [6, 6.07) is 11.1. The van der Waals surface area contributed by atoms with E-state index in [9.17, 15) is 19.3 Å². The van der Waals surface area contributed by atoms with Gasteiger partial charge in [-0.25, -0.2) is 4.39 Å². The molecule has 9 nitrogen and oxygen atoms in total. The maximum absolute atomic E-state index is 14.0. The van der Waals surface area contributed by atoms with E-state index < -0.39 is 16.6 Å². The number of furan rings is 1. The molecular weight excluding hydrogens is 526 g/mol. The number of aromatic nitrogens is 2. The SMILES string of the molecule is O=C(Nc1nn(Cc2c(F)cccc2Cl)cc1Cl)c1ccc(COc2ccc([N+](=O)[O-])cc2Cl)o1. The molecule has 0 radical (unpaired) electrons. The van der Waals surface area contributed by atoms with E-state index >= 15 is 0 Å². The van der Waals surface area contributed by atoms with Crippen LogP contribution in [0.3, 0.4) is 0 Å². The van der Waals surface area contributed by atoms with Crippen LogP contribution in [0.1, 0.15) is 21.9 Å². The second-order valence-electron chi connectivity index (χ2n) is 7.10. The molecule has 4 rings (SSSR count). The molecule has 0 bridgehead atoms. The van der Waals surface area contributed by atoms with Crippen LogP contribution in [0, 0.1) is 15.9 Å². The number of nitrogens with one attached hydrogen (secondary N) is 1. The number of rotatable bonds is 8. The zero-order chi connectivity index (χ0) is 25.1. The number of carbonyl (C=O) groups is 1. The van der Waals surface area contributed by atoms with Crippen LogP contribution in [0.15, 0.2) is 59.1 Å². The Morgan fingerprint density at radius 1 is 1.14 bits per heavy atom. The van der Waals surface area contributed by atoms with Gasteiger partial charge in [0.25, 0.3) is 11.6 Å². The summed E-state index contributed by atoms with van der Waals surface area (Å²) in [6.07, 6.45) is 1.43. The van der Waals surface area contributed by atoms with Crippen LogP contribution < -0.4 is 10.1 Å². The van der Waals surface area contributed by atoms with Crippen molar-refractivity contribution in [3.8, 4) is 5.75 Å². The van der Waals surface area contributed by atoms with Crippen LogP contribution in [0.4, 0.5) is 15.9 Å². The zero-order valence-corrected chi connectivity index (χ0v) is 19.8. The van der Waals surface area contributed by atoms with Crippen LogP contribution in [0.5, 0.6) is 5.75 Å². The molecule has 0 aliphatic heterocycles. The van der Waals surface area contributed by atoms with E-state index in [1.54, 1.807) is 6.07 Å². The highest BCUT2D eigenvalue weighted by atomic mass is 35.5. The van der Waals surface area contributed by atoms with Gasteiger partial charge in [-0.05, 0) is 30.3 Å². The molecule has 0 spiro atoms. The summed E-state index contributed by atoms with van der Waals surface area (Å²) in [5.74, 6) is -0.588. The van der Waals surface area contributed by atoms with Gasteiger partial charge in [0, 0.05) is 28.9 Å². The average Bonchev–Trinajstić information content (AvgIpc) is 3.42. The Balaban J connectivity index is 1.39. The van der Waals surface area contributed by atoms with Gasteiger partial charge in [0.1, 0.15) is 29.0 Å². The summed E-state index contributed by atoms with van der Waals surface area (Å²) in [5.41, 5.74) is 0.0624. The number of ether oxygens (including phenoxy) is 1. The molecule has 0 saturated carbocycles. The molecule has 180 valence electrons. The van der Waals surface area contributed by atoms with Crippen molar-refractivity contribution < 1.29 is 23.3 Å². The summed E-state index contributed by atoms with van der Waals surface area (Å²) in [5, 5.41) is 17.9. The van der Waals surface area contributed by atoms with Crippen LogP contribution in [0.25, 0.3) is 0 Å². The van der Waals surface area contributed by atoms with Crippen LogP contribution in [-0.2, 0) is 13.2 Å². The number of nitro groups is 1. The van der Waals surface area contributed by atoms with E-state index in [4.69, 9.17) is 44.0 Å². The molecular formula is C22H14Cl3FN4O5. The highest BCUT2D eigenvalue weighted by Crippen LogP contribution is 2.29. The van der Waals surface area contributed by atoms with Crippen molar-refractivity contribution in [2.45, 2.75) is 13.2 Å². The number of non-ortho nitro benzene ring substituents is 1. The third kappa shape index (κ3) is 5.73. The monoisotopic (exact) mass is 538 g/mol. The van der Waals surface area contributed by atoms with Crippen molar-refractivity contribution in [1.29, 1.82) is 0 Å². The lowest BCUT2D eigenvalue weighted by Gasteiger charge is -2.06. The Morgan fingerprint density at radius 2 is 1.94 bits per heavy atom. The molecule has 13 heteroatoms. The second-order valence-corrected chi connectivity index (χ2v) is 8.33. The predicted octanol–water partition coefficient (Wildman–Crippen LogP) is 6.36. The summed E-state index contributed by atoms with van der Waals surface area (Å²) in [7, 11) is 0. The molecule has 0 aliphatic carbocycles. The fourth-order valence-electron chi connectivity index (χ4n) is 3.02. The Hall–Kier alpha value is -3.60. The maximum Gasteiger partial charge on any atom is 0.292 e. The highest BCUT2D eigenvalue weighted by Gasteiger charge is 2.18. The minimum atomic E-state index is -0.624. The number of anilines is 1. The van der Waals surface area contributed by atoms with Crippen LogP contribution in [-0.4, -0.2) is 20.6 Å². The Bertz CT molecular complexity index is 1400. The lowest BCUT2D eigenvalue weighted by Crippen LogP contribution is -2.12. The molecule has 35 heavy (non-hydrogen) atoms. The van der Waals surface area contributed by atoms with Crippen molar-refractivity contribution in [2.75, 3.05) is 5.32 Å². The van der Waals surface area contributed by atoms with Crippen molar-refractivity contribution in [1.82, 2.24) is 9.78 Å². The first kappa shape index (κ1) is 24.5. The number of hydrogen-bond donors (Lipinski definition) is 1. The smallest absolute Gasteiger partial charge is 0.292 e. The molecule has 2 aromatic heterocycles. The average molecular weight is 540 g/mol. The molecule has 1 N–H and O–H groups in total. The predicted molar refractivity (Wildman–Crippen MR) is 127 cm³/mol. The van der Waals surface area contributed by atoms with Gasteiger partial charge in [-0.2, -0.15) is 5.10 Å². The largest absolute Gasteiger partial charge is 0.484 e. The molecule has 1 amide bonds. The van der Waals surface area contributed by atoms with Gasteiger partial charge >= 0.3 is 0 Å². The summed E-state index contributed by atoms with van der Waals surface area (Å²) in [6.45, 7) is -0.0713. The first-order valence-corrected chi connectivity index (χ1v) is 11.0. The lowest BCUT2D eigenvalue weighted by atomic mass is 10.2. The van der Waals surface area contributed by atoms with Crippen molar-refractivity contribution in [3.05, 3.63) is 103 Å².